The fourth-order valence-electron chi connectivity index (χ4n) is 1.00. The van der Waals surface area contributed by atoms with Crippen molar-refractivity contribution in [2.45, 2.75) is 0 Å². The van der Waals surface area contributed by atoms with Crippen LogP contribution in [0.1, 0.15) is 0 Å². The van der Waals surface area contributed by atoms with Gasteiger partial charge in [-0.25, -0.2) is 4.98 Å². The van der Waals surface area contributed by atoms with E-state index in [2.05, 4.69) is 25.9 Å². The molecule has 0 N–H and O–H groups in total. The Hall–Kier alpha value is -0.670. The summed E-state index contributed by atoms with van der Waals surface area (Å²) in [4.78, 5) is 8.00. The van der Waals surface area contributed by atoms with E-state index in [1.54, 1.807) is 24.7 Å². The molecule has 2 rings (SSSR count). The molecule has 2 nitrogen and oxygen atoms in total. The molecule has 0 unspecified atom stereocenters. The van der Waals surface area contributed by atoms with Gasteiger partial charge in [0.05, 0.1) is 0 Å². The van der Waals surface area contributed by atoms with Crippen LogP contribution in [0, 0.1) is 0 Å². The first-order chi connectivity index (χ1) is 5.77. The van der Waals surface area contributed by atoms with Crippen molar-refractivity contribution in [3.05, 3.63) is 34.3 Å². The summed E-state index contributed by atoms with van der Waals surface area (Å²) in [5.74, 6) is 0. The standard InChI is InChI=1S/C8H4BrClN2/c9-7-4-11-2-5-1-8(10)12-3-6(5)7/h1-4H. The Morgan fingerprint density at radius 1 is 1.25 bits per heavy atom. The lowest BCUT2D eigenvalue weighted by molar-refractivity contribution is 1.31. The van der Waals surface area contributed by atoms with Crippen LogP contribution in [0.2, 0.25) is 5.15 Å². The summed E-state index contributed by atoms with van der Waals surface area (Å²) in [7, 11) is 0. The van der Waals surface area contributed by atoms with Gasteiger partial charge in [0.25, 0.3) is 0 Å². The monoisotopic (exact) mass is 242 g/mol. The van der Waals surface area contributed by atoms with E-state index in [1.807, 2.05) is 0 Å². The third-order valence-electron chi connectivity index (χ3n) is 1.56. The number of nitrogens with zero attached hydrogens (tertiary/aromatic N) is 2. The second-order valence-corrected chi connectivity index (χ2v) is 3.59. The molecule has 60 valence electrons. The van der Waals surface area contributed by atoms with E-state index in [0.717, 1.165) is 15.2 Å². The molecule has 0 bridgehead atoms. The lowest BCUT2D eigenvalue weighted by Crippen LogP contribution is -1.80. The zero-order valence-corrected chi connectivity index (χ0v) is 8.30. The second kappa shape index (κ2) is 2.99. The molecule has 0 atom stereocenters. The topological polar surface area (TPSA) is 25.8 Å². The summed E-state index contributed by atoms with van der Waals surface area (Å²) in [6.07, 6.45) is 5.22. The summed E-state index contributed by atoms with van der Waals surface area (Å²) in [5, 5.41) is 2.50. The molecular weight excluding hydrogens is 239 g/mol. The van der Waals surface area contributed by atoms with E-state index in [9.17, 15) is 0 Å². The Morgan fingerprint density at radius 3 is 2.92 bits per heavy atom. The molecule has 0 fully saturated rings. The highest BCUT2D eigenvalue weighted by Gasteiger charge is 1.99. The average Bonchev–Trinajstić information content (AvgIpc) is 2.04. The van der Waals surface area contributed by atoms with Crippen LogP contribution in [0.3, 0.4) is 0 Å². The van der Waals surface area contributed by atoms with Crippen LogP contribution < -0.4 is 0 Å². The zero-order valence-electron chi connectivity index (χ0n) is 5.96. The van der Waals surface area contributed by atoms with Gasteiger partial charge < -0.3 is 0 Å². The van der Waals surface area contributed by atoms with Gasteiger partial charge in [-0.05, 0) is 22.0 Å². The third kappa shape index (κ3) is 1.30. The Bertz CT molecular complexity index is 430. The van der Waals surface area contributed by atoms with Crippen molar-refractivity contribution in [1.29, 1.82) is 0 Å². The van der Waals surface area contributed by atoms with Gasteiger partial charge in [-0.3, -0.25) is 4.98 Å². The first-order valence-electron chi connectivity index (χ1n) is 3.32. The van der Waals surface area contributed by atoms with Crippen molar-refractivity contribution in [3.8, 4) is 0 Å². The predicted molar refractivity (Wildman–Crippen MR) is 52.2 cm³/mol. The summed E-state index contributed by atoms with van der Waals surface area (Å²) < 4.78 is 0.934. The predicted octanol–water partition coefficient (Wildman–Crippen LogP) is 3.05. The van der Waals surface area contributed by atoms with Crippen LogP contribution in [0.4, 0.5) is 0 Å². The Balaban J connectivity index is 2.86. The van der Waals surface area contributed by atoms with Crippen LogP contribution in [-0.2, 0) is 0 Å². The second-order valence-electron chi connectivity index (χ2n) is 2.35. The maximum atomic E-state index is 5.72. The van der Waals surface area contributed by atoms with Crippen LogP contribution in [0.25, 0.3) is 10.8 Å². The van der Waals surface area contributed by atoms with Gasteiger partial charge in [0, 0.05) is 33.8 Å². The summed E-state index contributed by atoms with van der Waals surface area (Å²) in [5.41, 5.74) is 0. The summed E-state index contributed by atoms with van der Waals surface area (Å²) in [6.45, 7) is 0. The Labute approximate surface area is 82.7 Å². The number of rotatable bonds is 0. The SMILES string of the molecule is Clc1cc2cncc(Br)c2cn1. The highest BCUT2D eigenvalue weighted by atomic mass is 79.9. The van der Waals surface area contributed by atoms with E-state index < -0.39 is 0 Å². The molecule has 0 saturated heterocycles. The molecule has 4 heteroatoms. The van der Waals surface area contributed by atoms with Crippen molar-refractivity contribution in [3.63, 3.8) is 0 Å². The molecule has 0 amide bonds. The van der Waals surface area contributed by atoms with E-state index >= 15 is 0 Å². The van der Waals surface area contributed by atoms with Crippen molar-refractivity contribution < 1.29 is 0 Å². The quantitative estimate of drug-likeness (QED) is 0.665. The number of hydrogen-bond acceptors (Lipinski definition) is 2. The van der Waals surface area contributed by atoms with Gasteiger partial charge in [0.2, 0.25) is 0 Å². The van der Waals surface area contributed by atoms with Gasteiger partial charge in [0.15, 0.2) is 0 Å². The number of hydrogen-bond donors (Lipinski definition) is 0. The minimum Gasteiger partial charge on any atom is -0.263 e. The zero-order chi connectivity index (χ0) is 8.55. The van der Waals surface area contributed by atoms with Crippen LogP contribution in [0.5, 0.6) is 0 Å². The molecule has 0 aromatic carbocycles. The normalized spacial score (nSPS) is 10.5. The molecule has 0 saturated carbocycles. The van der Waals surface area contributed by atoms with E-state index in [0.29, 0.717) is 5.15 Å². The number of fused-ring (bicyclic) bond motifs is 1. The van der Waals surface area contributed by atoms with Gasteiger partial charge in [-0.15, -0.1) is 0 Å². The maximum absolute atomic E-state index is 5.72. The van der Waals surface area contributed by atoms with Gasteiger partial charge in [0.1, 0.15) is 5.15 Å². The maximum Gasteiger partial charge on any atom is 0.129 e. The number of halogens is 2. The van der Waals surface area contributed by atoms with Gasteiger partial charge in [-0.2, -0.15) is 0 Å². The molecule has 12 heavy (non-hydrogen) atoms. The molecular formula is C8H4BrClN2. The molecule has 0 aliphatic rings. The Morgan fingerprint density at radius 2 is 2.08 bits per heavy atom. The fourth-order valence-corrected chi connectivity index (χ4v) is 1.62. The molecule has 0 spiro atoms. The molecule has 2 aromatic rings. The van der Waals surface area contributed by atoms with Crippen molar-refractivity contribution in [1.82, 2.24) is 9.97 Å². The van der Waals surface area contributed by atoms with Gasteiger partial charge in [-0.1, -0.05) is 11.6 Å². The fraction of sp³-hybridized carbons (Fsp3) is 0. The lowest BCUT2D eigenvalue weighted by Gasteiger charge is -1.98. The first kappa shape index (κ1) is 7.95. The van der Waals surface area contributed by atoms with Crippen LogP contribution >= 0.6 is 27.5 Å². The van der Waals surface area contributed by atoms with Crippen LogP contribution in [-0.4, -0.2) is 9.97 Å². The Kier molecular flexibility index (Phi) is 1.98. The summed E-state index contributed by atoms with van der Waals surface area (Å²) in [6, 6.07) is 1.79. The molecule has 2 heterocycles. The van der Waals surface area contributed by atoms with E-state index in [1.165, 1.54) is 0 Å². The van der Waals surface area contributed by atoms with E-state index in [-0.39, 0.29) is 0 Å². The molecule has 0 aliphatic heterocycles. The highest BCUT2D eigenvalue weighted by molar-refractivity contribution is 9.10. The van der Waals surface area contributed by atoms with Crippen molar-refractivity contribution in [2.24, 2.45) is 0 Å². The third-order valence-corrected chi connectivity index (χ3v) is 2.40. The number of aromatic nitrogens is 2. The molecule has 0 radical (unpaired) electrons. The highest BCUT2D eigenvalue weighted by Crippen LogP contribution is 2.22. The number of pyridine rings is 2. The average molecular weight is 243 g/mol. The minimum absolute atomic E-state index is 0.488. The smallest absolute Gasteiger partial charge is 0.129 e. The minimum atomic E-state index is 0.488. The van der Waals surface area contributed by atoms with Crippen LogP contribution in [0.15, 0.2) is 29.1 Å². The van der Waals surface area contributed by atoms with Crippen molar-refractivity contribution in [2.75, 3.05) is 0 Å². The van der Waals surface area contributed by atoms with Crippen molar-refractivity contribution >= 4 is 38.3 Å². The first-order valence-corrected chi connectivity index (χ1v) is 4.49. The summed E-state index contributed by atoms with van der Waals surface area (Å²) >= 11 is 9.09. The van der Waals surface area contributed by atoms with E-state index in [4.69, 9.17) is 11.6 Å². The van der Waals surface area contributed by atoms with Gasteiger partial charge >= 0.3 is 0 Å². The molecule has 2 aromatic heterocycles. The molecule has 0 aliphatic carbocycles. The lowest BCUT2D eigenvalue weighted by atomic mass is 10.2. The largest absolute Gasteiger partial charge is 0.263 e.